The number of sulfonamides is 1. The van der Waals surface area contributed by atoms with Gasteiger partial charge in [0, 0.05) is 26.2 Å². The molecule has 0 heterocycles. The molecule has 0 atom stereocenters. The van der Waals surface area contributed by atoms with Crippen molar-refractivity contribution in [2.45, 2.75) is 31.2 Å². The van der Waals surface area contributed by atoms with Crippen LogP contribution in [0.2, 0.25) is 0 Å². The lowest BCUT2D eigenvalue weighted by Gasteiger charge is -2.22. The van der Waals surface area contributed by atoms with Crippen LogP contribution < -0.4 is 15.2 Å². The fourth-order valence-corrected chi connectivity index (χ4v) is 3.74. The number of primary sulfonamides is 1. The molecular weight excluding hydrogens is 406 g/mol. The number of rotatable bonds is 13. The van der Waals surface area contributed by atoms with Crippen molar-refractivity contribution < 1.29 is 23.4 Å². The zero-order valence-electron chi connectivity index (χ0n) is 17.3. The fraction of sp³-hybridized carbons (Fsp3) is 0.429. The topological polar surface area (TPSA) is 125 Å². The number of hydrogen-bond donors (Lipinski definition) is 4. The van der Waals surface area contributed by atoms with Crippen molar-refractivity contribution >= 4 is 15.7 Å². The van der Waals surface area contributed by atoms with Crippen molar-refractivity contribution in [1.29, 1.82) is 0 Å². The summed E-state index contributed by atoms with van der Waals surface area (Å²) in [6, 6.07) is 12.2. The lowest BCUT2D eigenvalue weighted by molar-refractivity contribution is 0.156. The van der Waals surface area contributed by atoms with E-state index < -0.39 is 10.0 Å². The summed E-state index contributed by atoms with van der Waals surface area (Å²) < 4.78 is 30.7. The SMILES string of the molecule is CCCCNc1cc(CN(CCO)CCO)cc(S(N)(=O)=O)c1Oc1ccccc1. The van der Waals surface area contributed by atoms with E-state index in [1.165, 1.54) is 6.07 Å². The minimum absolute atomic E-state index is 0.0706. The summed E-state index contributed by atoms with van der Waals surface area (Å²) >= 11 is 0. The Morgan fingerprint density at radius 3 is 2.33 bits per heavy atom. The molecule has 0 radical (unpaired) electrons. The average molecular weight is 438 g/mol. The van der Waals surface area contributed by atoms with Gasteiger partial charge in [0.15, 0.2) is 5.75 Å². The Balaban J connectivity index is 2.51. The Bertz CT molecular complexity index is 885. The first-order valence-corrected chi connectivity index (χ1v) is 11.5. The van der Waals surface area contributed by atoms with Gasteiger partial charge in [-0.3, -0.25) is 4.90 Å². The molecule has 8 nitrogen and oxygen atoms in total. The number of hydrogen-bond acceptors (Lipinski definition) is 7. The summed E-state index contributed by atoms with van der Waals surface area (Å²) in [5, 5.41) is 27.3. The van der Waals surface area contributed by atoms with Crippen LogP contribution in [-0.2, 0) is 16.6 Å². The van der Waals surface area contributed by atoms with Gasteiger partial charge < -0.3 is 20.3 Å². The minimum Gasteiger partial charge on any atom is -0.454 e. The third-order valence-corrected chi connectivity index (χ3v) is 5.38. The summed E-state index contributed by atoms with van der Waals surface area (Å²) in [4.78, 5) is 1.71. The van der Waals surface area contributed by atoms with Gasteiger partial charge in [-0.15, -0.1) is 0 Å². The van der Waals surface area contributed by atoms with Crippen LogP contribution in [0.1, 0.15) is 25.3 Å². The molecular formula is C21H31N3O5S. The Labute approximate surface area is 178 Å². The molecule has 2 aromatic carbocycles. The Kier molecular flexibility index (Phi) is 9.54. The molecule has 166 valence electrons. The minimum atomic E-state index is -4.07. The van der Waals surface area contributed by atoms with Crippen LogP contribution in [0.3, 0.4) is 0 Å². The number of unbranched alkanes of at least 4 members (excludes halogenated alkanes) is 1. The van der Waals surface area contributed by atoms with Crippen LogP contribution in [0.5, 0.6) is 11.5 Å². The maximum absolute atomic E-state index is 12.4. The maximum Gasteiger partial charge on any atom is 0.241 e. The molecule has 0 aliphatic heterocycles. The van der Waals surface area contributed by atoms with E-state index in [2.05, 4.69) is 12.2 Å². The van der Waals surface area contributed by atoms with E-state index in [0.717, 1.165) is 12.8 Å². The van der Waals surface area contributed by atoms with Gasteiger partial charge in [0.1, 0.15) is 10.6 Å². The molecule has 0 aromatic heterocycles. The highest BCUT2D eigenvalue weighted by Crippen LogP contribution is 2.37. The molecule has 0 unspecified atom stereocenters. The normalized spacial score (nSPS) is 11.6. The van der Waals surface area contributed by atoms with Crippen LogP contribution in [0.25, 0.3) is 0 Å². The Morgan fingerprint density at radius 2 is 1.77 bits per heavy atom. The van der Waals surface area contributed by atoms with Crippen LogP contribution in [0.15, 0.2) is 47.4 Å². The molecule has 0 bridgehead atoms. The fourth-order valence-electron chi connectivity index (χ4n) is 3.02. The summed E-state index contributed by atoms with van der Waals surface area (Å²) in [6.07, 6.45) is 1.88. The van der Waals surface area contributed by atoms with Crippen molar-refractivity contribution in [2.24, 2.45) is 5.14 Å². The monoisotopic (exact) mass is 437 g/mol. The first-order valence-electron chi connectivity index (χ1n) is 9.99. The Hall–Kier alpha value is -2.17. The molecule has 9 heteroatoms. The molecule has 0 saturated heterocycles. The van der Waals surface area contributed by atoms with Crippen molar-refractivity contribution in [3.63, 3.8) is 0 Å². The quantitative estimate of drug-likeness (QED) is 0.354. The standard InChI is InChI=1S/C21H31N3O5S/c1-2-3-9-23-19-14-17(16-24(10-12-25)11-13-26)15-20(30(22,27)28)21(19)29-18-7-5-4-6-8-18/h4-8,14-15,23,25-26H,2-3,9-13,16H2,1H3,(H2,22,27,28). The van der Waals surface area contributed by atoms with Gasteiger partial charge in [0.25, 0.3) is 0 Å². The predicted octanol–water partition coefficient (Wildman–Crippen LogP) is 2.12. The zero-order valence-corrected chi connectivity index (χ0v) is 18.1. The molecule has 2 aromatic rings. The largest absolute Gasteiger partial charge is 0.454 e. The zero-order chi connectivity index (χ0) is 22.0. The third-order valence-electron chi connectivity index (χ3n) is 4.47. The molecule has 2 rings (SSSR count). The number of nitrogens with zero attached hydrogens (tertiary/aromatic N) is 1. The van der Waals surface area contributed by atoms with Crippen LogP contribution in [0.4, 0.5) is 5.69 Å². The van der Waals surface area contributed by atoms with Crippen molar-refractivity contribution in [3.05, 3.63) is 48.0 Å². The molecule has 0 amide bonds. The van der Waals surface area contributed by atoms with E-state index in [9.17, 15) is 18.6 Å². The van der Waals surface area contributed by atoms with E-state index in [-0.39, 0.29) is 23.9 Å². The number of ether oxygens (including phenoxy) is 1. The van der Waals surface area contributed by atoms with E-state index >= 15 is 0 Å². The van der Waals surface area contributed by atoms with E-state index in [1.807, 2.05) is 17.0 Å². The average Bonchev–Trinajstić information content (AvgIpc) is 2.70. The number of nitrogens with one attached hydrogen (secondary N) is 1. The maximum atomic E-state index is 12.4. The molecule has 0 fully saturated rings. The number of aliphatic hydroxyl groups is 2. The second kappa shape index (κ2) is 11.9. The molecule has 0 saturated carbocycles. The highest BCUT2D eigenvalue weighted by Gasteiger charge is 2.22. The number of benzene rings is 2. The first kappa shape index (κ1) is 24.1. The van der Waals surface area contributed by atoms with E-state index in [1.54, 1.807) is 24.3 Å². The Morgan fingerprint density at radius 1 is 1.10 bits per heavy atom. The van der Waals surface area contributed by atoms with Crippen LogP contribution in [-0.4, -0.2) is 56.4 Å². The second-order valence-electron chi connectivity index (χ2n) is 6.93. The second-order valence-corrected chi connectivity index (χ2v) is 8.46. The summed E-state index contributed by atoms with van der Waals surface area (Å²) in [7, 11) is -4.07. The van der Waals surface area contributed by atoms with Gasteiger partial charge in [-0.1, -0.05) is 31.5 Å². The van der Waals surface area contributed by atoms with Gasteiger partial charge in [0.2, 0.25) is 10.0 Å². The molecule has 0 aliphatic rings. The molecule has 0 spiro atoms. The van der Waals surface area contributed by atoms with Crippen molar-refractivity contribution in [2.75, 3.05) is 38.2 Å². The molecule has 30 heavy (non-hydrogen) atoms. The number of para-hydroxylation sites is 1. The number of aliphatic hydroxyl groups excluding tert-OH is 2. The van der Waals surface area contributed by atoms with Gasteiger partial charge >= 0.3 is 0 Å². The van der Waals surface area contributed by atoms with Crippen molar-refractivity contribution in [1.82, 2.24) is 4.90 Å². The number of anilines is 1. The van der Waals surface area contributed by atoms with Gasteiger partial charge in [-0.25, -0.2) is 13.6 Å². The molecule has 5 N–H and O–H groups in total. The highest BCUT2D eigenvalue weighted by atomic mass is 32.2. The van der Waals surface area contributed by atoms with Gasteiger partial charge in [0.05, 0.1) is 18.9 Å². The van der Waals surface area contributed by atoms with Crippen LogP contribution >= 0.6 is 0 Å². The lowest BCUT2D eigenvalue weighted by Crippen LogP contribution is -2.29. The van der Waals surface area contributed by atoms with Crippen molar-refractivity contribution in [3.8, 4) is 11.5 Å². The van der Waals surface area contributed by atoms with Gasteiger partial charge in [-0.05, 0) is 36.2 Å². The number of nitrogens with two attached hydrogens (primary N) is 1. The first-order chi connectivity index (χ1) is 14.4. The van der Waals surface area contributed by atoms with E-state index in [0.29, 0.717) is 43.2 Å². The molecule has 0 aliphatic carbocycles. The summed E-state index contributed by atoms with van der Waals surface area (Å²) in [5.41, 5.74) is 1.21. The lowest BCUT2D eigenvalue weighted by atomic mass is 10.1. The smallest absolute Gasteiger partial charge is 0.241 e. The highest BCUT2D eigenvalue weighted by molar-refractivity contribution is 7.89. The van der Waals surface area contributed by atoms with E-state index in [4.69, 9.17) is 9.88 Å². The predicted molar refractivity (Wildman–Crippen MR) is 117 cm³/mol. The van der Waals surface area contributed by atoms with Crippen LogP contribution in [0, 0.1) is 0 Å². The summed E-state index contributed by atoms with van der Waals surface area (Å²) in [6.45, 7) is 3.62. The third kappa shape index (κ3) is 7.26. The summed E-state index contributed by atoms with van der Waals surface area (Å²) in [5.74, 6) is 0.648. The van der Waals surface area contributed by atoms with Gasteiger partial charge in [-0.2, -0.15) is 0 Å².